The van der Waals surface area contributed by atoms with E-state index in [9.17, 15) is 13.2 Å². The SMILES string of the molecule is NCCCCc1ccc(NC(F)(F)F)cc1. The second-order valence-electron chi connectivity index (χ2n) is 3.57. The number of unbranched alkanes of at least 4 members (excludes halogenated alkanes) is 1. The van der Waals surface area contributed by atoms with Crippen molar-refractivity contribution in [2.75, 3.05) is 11.9 Å². The van der Waals surface area contributed by atoms with Crippen LogP contribution in [-0.2, 0) is 6.42 Å². The van der Waals surface area contributed by atoms with Gasteiger partial charge in [-0.1, -0.05) is 12.1 Å². The number of halogens is 3. The van der Waals surface area contributed by atoms with Crippen LogP contribution in [0.5, 0.6) is 0 Å². The second kappa shape index (κ2) is 5.75. The number of hydrogen-bond donors (Lipinski definition) is 2. The van der Waals surface area contributed by atoms with Gasteiger partial charge in [0, 0.05) is 5.69 Å². The third kappa shape index (κ3) is 5.02. The zero-order valence-electron chi connectivity index (χ0n) is 8.85. The molecular formula is C11H15F3N2. The topological polar surface area (TPSA) is 38.0 Å². The van der Waals surface area contributed by atoms with Gasteiger partial charge in [0.05, 0.1) is 0 Å². The number of anilines is 1. The molecule has 0 bridgehead atoms. The second-order valence-corrected chi connectivity index (χ2v) is 3.57. The Hall–Kier alpha value is -1.23. The third-order valence-corrected chi connectivity index (χ3v) is 2.16. The van der Waals surface area contributed by atoms with Gasteiger partial charge in [0.15, 0.2) is 0 Å². The number of alkyl halides is 3. The maximum atomic E-state index is 12.0. The highest BCUT2D eigenvalue weighted by Crippen LogP contribution is 2.20. The Labute approximate surface area is 92.6 Å². The van der Waals surface area contributed by atoms with Gasteiger partial charge in [-0.25, -0.2) is 0 Å². The van der Waals surface area contributed by atoms with E-state index < -0.39 is 6.30 Å². The maximum Gasteiger partial charge on any atom is 0.482 e. The first-order chi connectivity index (χ1) is 7.51. The molecule has 0 atom stereocenters. The predicted molar refractivity (Wildman–Crippen MR) is 58.1 cm³/mol. The summed E-state index contributed by atoms with van der Waals surface area (Å²) in [4.78, 5) is 0. The van der Waals surface area contributed by atoms with Crippen LogP contribution in [0.3, 0.4) is 0 Å². The molecule has 90 valence electrons. The van der Waals surface area contributed by atoms with Gasteiger partial charge in [-0.15, -0.1) is 0 Å². The molecule has 0 heterocycles. The molecule has 1 rings (SSSR count). The van der Waals surface area contributed by atoms with Crippen molar-refractivity contribution in [3.63, 3.8) is 0 Å². The third-order valence-electron chi connectivity index (χ3n) is 2.16. The van der Waals surface area contributed by atoms with Crippen LogP contribution >= 0.6 is 0 Å². The summed E-state index contributed by atoms with van der Waals surface area (Å²) in [5, 5.41) is 1.46. The Balaban J connectivity index is 2.48. The highest BCUT2D eigenvalue weighted by molar-refractivity contribution is 5.45. The molecule has 0 aliphatic rings. The molecule has 0 aromatic heterocycles. The molecule has 0 unspecified atom stereocenters. The van der Waals surface area contributed by atoms with Crippen molar-refractivity contribution in [3.8, 4) is 0 Å². The lowest BCUT2D eigenvalue weighted by Crippen LogP contribution is -2.20. The molecule has 0 saturated carbocycles. The zero-order valence-corrected chi connectivity index (χ0v) is 8.85. The molecule has 1 aromatic carbocycles. The van der Waals surface area contributed by atoms with E-state index in [2.05, 4.69) is 0 Å². The van der Waals surface area contributed by atoms with Crippen molar-refractivity contribution >= 4 is 5.69 Å². The first kappa shape index (κ1) is 12.8. The monoisotopic (exact) mass is 232 g/mol. The summed E-state index contributed by atoms with van der Waals surface area (Å²) in [6, 6.07) is 6.27. The summed E-state index contributed by atoms with van der Waals surface area (Å²) in [7, 11) is 0. The average molecular weight is 232 g/mol. The molecule has 0 amide bonds. The van der Waals surface area contributed by atoms with Crippen LogP contribution < -0.4 is 11.1 Å². The first-order valence-corrected chi connectivity index (χ1v) is 5.15. The highest BCUT2D eigenvalue weighted by atomic mass is 19.4. The minimum atomic E-state index is -4.37. The van der Waals surface area contributed by atoms with Crippen molar-refractivity contribution in [2.45, 2.75) is 25.6 Å². The van der Waals surface area contributed by atoms with E-state index in [-0.39, 0.29) is 5.69 Å². The number of rotatable bonds is 5. The van der Waals surface area contributed by atoms with E-state index in [0.29, 0.717) is 6.54 Å². The summed E-state index contributed by atoms with van der Waals surface area (Å²) >= 11 is 0. The standard InChI is InChI=1S/C11H15F3N2/c12-11(13,14)16-10-6-4-9(5-7-10)3-1-2-8-15/h4-7,16H,1-3,8,15H2. The van der Waals surface area contributed by atoms with Gasteiger partial charge < -0.3 is 5.73 Å². The van der Waals surface area contributed by atoms with E-state index in [1.807, 2.05) is 0 Å². The average Bonchev–Trinajstić information content (AvgIpc) is 2.19. The Bertz CT molecular complexity index is 306. The maximum absolute atomic E-state index is 12.0. The van der Waals surface area contributed by atoms with E-state index in [1.165, 1.54) is 17.4 Å². The van der Waals surface area contributed by atoms with Gasteiger partial charge in [0.25, 0.3) is 0 Å². The number of nitrogens with two attached hydrogens (primary N) is 1. The lowest BCUT2D eigenvalue weighted by atomic mass is 10.1. The van der Waals surface area contributed by atoms with Crippen LogP contribution in [0.25, 0.3) is 0 Å². The minimum absolute atomic E-state index is 0.0649. The Kier molecular flexibility index (Phi) is 4.61. The smallest absolute Gasteiger partial charge is 0.330 e. The van der Waals surface area contributed by atoms with Gasteiger partial charge in [-0.05, 0) is 43.5 Å². The summed E-state index contributed by atoms with van der Waals surface area (Å²) in [6.45, 7) is 0.647. The molecule has 0 spiro atoms. The summed E-state index contributed by atoms with van der Waals surface area (Å²) in [6.07, 6.45) is -1.63. The highest BCUT2D eigenvalue weighted by Gasteiger charge is 2.26. The van der Waals surface area contributed by atoms with E-state index in [4.69, 9.17) is 5.73 Å². The van der Waals surface area contributed by atoms with E-state index in [0.717, 1.165) is 24.8 Å². The number of nitrogens with one attached hydrogen (secondary N) is 1. The van der Waals surface area contributed by atoms with Crippen molar-refractivity contribution in [1.29, 1.82) is 0 Å². The molecule has 0 saturated heterocycles. The van der Waals surface area contributed by atoms with Crippen LogP contribution in [0, 0.1) is 0 Å². The summed E-state index contributed by atoms with van der Waals surface area (Å²) in [5.41, 5.74) is 6.44. The molecular weight excluding hydrogens is 217 g/mol. The number of benzene rings is 1. The van der Waals surface area contributed by atoms with Gasteiger partial charge in [-0.3, -0.25) is 5.32 Å². The fourth-order valence-electron chi connectivity index (χ4n) is 1.39. The van der Waals surface area contributed by atoms with Gasteiger partial charge in [-0.2, -0.15) is 13.2 Å². The van der Waals surface area contributed by atoms with Gasteiger partial charge in [0.1, 0.15) is 0 Å². The van der Waals surface area contributed by atoms with Gasteiger partial charge >= 0.3 is 6.30 Å². The molecule has 5 heteroatoms. The molecule has 2 nitrogen and oxygen atoms in total. The predicted octanol–water partition coefficient (Wildman–Crippen LogP) is 2.90. The lowest BCUT2D eigenvalue weighted by molar-refractivity contribution is -0.0999. The fourth-order valence-corrected chi connectivity index (χ4v) is 1.39. The normalized spacial score (nSPS) is 11.5. The lowest BCUT2D eigenvalue weighted by Gasteiger charge is -2.10. The van der Waals surface area contributed by atoms with E-state index in [1.54, 1.807) is 12.1 Å². The molecule has 3 N–H and O–H groups in total. The Morgan fingerprint density at radius 3 is 2.19 bits per heavy atom. The van der Waals surface area contributed by atoms with Crippen molar-refractivity contribution in [3.05, 3.63) is 29.8 Å². The van der Waals surface area contributed by atoms with Crippen molar-refractivity contribution in [1.82, 2.24) is 0 Å². The molecule has 0 aliphatic carbocycles. The first-order valence-electron chi connectivity index (χ1n) is 5.15. The molecule has 0 fully saturated rings. The van der Waals surface area contributed by atoms with Crippen LogP contribution in [0.4, 0.5) is 18.9 Å². The fraction of sp³-hybridized carbons (Fsp3) is 0.455. The van der Waals surface area contributed by atoms with Crippen LogP contribution in [0.1, 0.15) is 18.4 Å². The number of hydrogen-bond acceptors (Lipinski definition) is 2. The zero-order chi connectivity index (χ0) is 12.0. The largest absolute Gasteiger partial charge is 0.482 e. The van der Waals surface area contributed by atoms with Crippen molar-refractivity contribution < 1.29 is 13.2 Å². The quantitative estimate of drug-likeness (QED) is 0.605. The Morgan fingerprint density at radius 2 is 1.69 bits per heavy atom. The van der Waals surface area contributed by atoms with Gasteiger partial charge in [0.2, 0.25) is 0 Å². The van der Waals surface area contributed by atoms with E-state index >= 15 is 0 Å². The molecule has 0 aliphatic heterocycles. The molecule has 1 aromatic rings. The molecule has 0 radical (unpaired) electrons. The van der Waals surface area contributed by atoms with Crippen LogP contribution in [0.2, 0.25) is 0 Å². The van der Waals surface area contributed by atoms with Crippen molar-refractivity contribution in [2.24, 2.45) is 5.73 Å². The minimum Gasteiger partial charge on any atom is -0.330 e. The summed E-state index contributed by atoms with van der Waals surface area (Å²) in [5.74, 6) is 0. The molecule has 16 heavy (non-hydrogen) atoms. The Morgan fingerprint density at radius 1 is 1.06 bits per heavy atom. The van der Waals surface area contributed by atoms with Crippen LogP contribution in [-0.4, -0.2) is 12.8 Å². The van der Waals surface area contributed by atoms with Crippen LogP contribution in [0.15, 0.2) is 24.3 Å². The number of aryl methyl sites for hydroxylation is 1. The summed E-state index contributed by atoms with van der Waals surface area (Å²) < 4.78 is 35.9.